The molecule has 0 saturated carbocycles. The van der Waals surface area contributed by atoms with E-state index < -0.39 is 0 Å². The third kappa shape index (κ3) is 6.21. The van der Waals surface area contributed by atoms with Gasteiger partial charge < -0.3 is 10.6 Å². The number of hydrogen-bond donors (Lipinski definition) is 2. The van der Waals surface area contributed by atoms with Gasteiger partial charge in [0.1, 0.15) is 0 Å². The van der Waals surface area contributed by atoms with Crippen LogP contribution in [0.15, 0.2) is 22.5 Å². The molecule has 2 aromatic heterocycles. The van der Waals surface area contributed by atoms with Gasteiger partial charge in [0.25, 0.3) is 0 Å². The number of aryl methyl sites for hydroxylation is 2. The summed E-state index contributed by atoms with van der Waals surface area (Å²) in [6.45, 7) is 5.92. The Morgan fingerprint density at radius 1 is 1.32 bits per heavy atom. The lowest BCUT2D eigenvalue weighted by Gasteiger charge is -2.10. The summed E-state index contributed by atoms with van der Waals surface area (Å²) in [4.78, 5) is 11.5. The molecule has 0 aliphatic rings. The lowest BCUT2D eigenvalue weighted by Crippen LogP contribution is -2.37. The molecule has 0 aliphatic heterocycles. The fourth-order valence-electron chi connectivity index (χ4n) is 1.91. The summed E-state index contributed by atoms with van der Waals surface area (Å²) in [6.07, 6.45) is 1.94. The highest BCUT2D eigenvalue weighted by atomic mass is 127. The predicted octanol–water partition coefficient (Wildman–Crippen LogP) is 3.60. The number of hydrogen-bond acceptors (Lipinski definition) is 4. The van der Waals surface area contributed by atoms with Crippen LogP contribution in [0.5, 0.6) is 0 Å². The van der Waals surface area contributed by atoms with Crippen LogP contribution < -0.4 is 10.6 Å². The first-order chi connectivity index (χ1) is 10.2. The molecule has 2 heterocycles. The zero-order valence-corrected chi connectivity index (χ0v) is 17.1. The Bertz CT molecular complexity index is 592. The van der Waals surface area contributed by atoms with E-state index in [9.17, 15) is 0 Å². The highest BCUT2D eigenvalue weighted by Crippen LogP contribution is 2.14. The lowest BCUT2D eigenvalue weighted by molar-refractivity contribution is 0.788. The Kier molecular flexibility index (Phi) is 8.96. The summed E-state index contributed by atoms with van der Waals surface area (Å²) in [6, 6.07) is 4.30. The van der Waals surface area contributed by atoms with Gasteiger partial charge in [-0.25, -0.2) is 4.98 Å². The lowest BCUT2D eigenvalue weighted by atomic mass is 10.3. The highest BCUT2D eigenvalue weighted by molar-refractivity contribution is 14.0. The zero-order valence-electron chi connectivity index (χ0n) is 13.2. The summed E-state index contributed by atoms with van der Waals surface area (Å²) in [7, 11) is 1.80. The second kappa shape index (κ2) is 10.2. The van der Waals surface area contributed by atoms with Crippen LogP contribution in [0, 0.1) is 6.92 Å². The first kappa shape index (κ1) is 19.4. The van der Waals surface area contributed by atoms with Gasteiger partial charge in [0.2, 0.25) is 0 Å². The van der Waals surface area contributed by atoms with Crippen LogP contribution in [-0.4, -0.2) is 24.5 Å². The smallest absolute Gasteiger partial charge is 0.191 e. The number of thiophene rings is 1. The normalized spacial score (nSPS) is 11.1. The molecule has 0 amide bonds. The fourth-order valence-corrected chi connectivity index (χ4v) is 3.52. The van der Waals surface area contributed by atoms with E-state index in [2.05, 4.69) is 52.0 Å². The minimum absolute atomic E-state index is 0. The molecular weight excluding hydrogens is 427 g/mol. The molecular formula is C15H23IN4S2. The van der Waals surface area contributed by atoms with Crippen molar-refractivity contribution in [1.82, 2.24) is 15.6 Å². The first-order valence-corrected chi connectivity index (χ1v) is 8.84. The Labute approximate surface area is 157 Å². The van der Waals surface area contributed by atoms with Gasteiger partial charge in [0.15, 0.2) is 5.96 Å². The first-order valence-electron chi connectivity index (χ1n) is 7.14. The minimum atomic E-state index is 0. The molecule has 0 saturated heterocycles. The predicted molar refractivity (Wildman–Crippen MR) is 108 cm³/mol. The van der Waals surface area contributed by atoms with Crippen LogP contribution in [-0.2, 0) is 19.4 Å². The molecule has 0 aliphatic carbocycles. The second-order valence-corrected chi connectivity index (χ2v) is 7.02. The van der Waals surface area contributed by atoms with Crippen molar-refractivity contribution in [2.75, 3.05) is 13.6 Å². The van der Waals surface area contributed by atoms with Crippen molar-refractivity contribution in [2.24, 2.45) is 4.99 Å². The number of rotatable bonds is 6. The Hall–Kier alpha value is -0.670. The van der Waals surface area contributed by atoms with E-state index >= 15 is 0 Å². The maximum absolute atomic E-state index is 4.57. The van der Waals surface area contributed by atoms with Crippen molar-refractivity contribution in [1.29, 1.82) is 0 Å². The summed E-state index contributed by atoms with van der Waals surface area (Å²) in [5.41, 5.74) is 1.16. The summed E-state index contributed by atoms with van der Waals surface area (Å²) in [5, 5.41) is 10.0. The summed E-state index contributed by atoms with van der Waals surface area (Å²) >= 11 is 3.55. The van der Waals surface area contributed by atoms with E-state index in [1.807, 2.05) is 11.3 Å². The van der Waals surface area contributed by atoms with E-state index in [4.69, 9.17) is 0 Å². The van der Waals surface area contributed by atoms with Crippen molar-refractivity contribution in [3.8, 4) is 0 Å². The Morgan fingerprint density at radius 3 is 2.73 bits per heavy atom. The Morgan fingerprint density at radius 2 is 2.14 bits per heavy atom. The fraction of sp³-hybridized carbons (Fsp3) is 0.467. The van der Waals surface area contributed by atoms with Gasteiger partial charge in [0, 0.05) is 35.1 Å². The summed E-state index contributed by atoms with van der Waals surface area (Å²) in [5.74, 6) is 0.840. The van der Waals surface area contributed by atoms with Crippen LogP contribution in [0.3, 0.4) is 0 Å². The minimum Gasteiger partial charge on any atom is -0.356 e. The van der Waals surface area contributed by atoms with Gasteiger partial charge in [-0.2, -0.15) is 0 Å². The molecule has 0 aromatic carbocycles. The van der Waals surface area contributed by atoms with Crippen LogP contribution in [0.2, 0.25) is 0 Å². The molecule has 22 heavy (non-hydrogen) atoms. The van der Waals surface area contributed by atoms with E-state index in [1.54, 1.807) is 18.4 Å². The van der Waals surface area contributed by atoms with Gasteiger partial charge in [-0.15, -0.1) is 46.7 Å². The summed E-state index contributed by atoms with van der Waals surface area (Å²) < 4.78 is 0. The molecule has 0 fully saturated rings. The van der Waals surface area contributed by atoms with Crippen molar-refractivity contribution >= 4 is 52.6 Å². The van der Waals surface area contributed by atoms with Gasteiger partial charge in [-0.1, -0.05) is 6.92 Å². The number of thiazole rings is 1. The molecule has 0 radical (unpaired) electrons. The molecule has 122 valence electrons. The topological polar surface area (TPSA) is 49.3 Å². The average molecular weight is 450 g/mol. The molecule has 2 aromatic rings. The average Bonchev–Trinajstić information content (AvgIpc) is 3.11. The Balaban J connectivity index is 0.00000242. The number of guanidine groups is 1. The van der Waals surface area contributed by atoms with Crippen molar-refractivity contribution in [3.63, 3.8) is 0 Å². The third-order valence-corrected chi connectivity index (χ3v) is 5.07. The number of halogens is 1. The van der Waals surface area contributed by atoms with Crippen LogP contribution in [0.4, 0.5) is 0 Å². The van der Waals surface area contributed by atoms with Crippen LogP contribution in [0.1, 0.15) is 27.4 Å². The molecule has 0 spiro atoms. The number of nitrogens with zero attached hydrogens (tertiary/aromatic N) is 2. The largest absolute Gasteiger partial charge is 0.356 e. The van der Waals surface area contributed by atoms with Crippen LogP contribution >= 0.6 is 46.7 Å². The van der Waals surface area contributed by atoms with Gasteiger partial charge in [-0.3, -0.25) is 4.99 Å². The van der Waals surface area contributed by atoms with Gasteiger partial charge >= 0.3 is 0 Å². The van der Waals surface area contributed by atoms with E-state index in [0.29, 0.717) is 0 Å². The monoisotopic (exact) mass is 450 g/mol. The van der Waals surface area contributed by atoms with Crippen LogP contribution in [0.25, 0.3) is 0 Å². The maximum Gasteiger partial charge on any atom is 0.191 e. The highest BCUT2D eigenvalue weighted by Gasteiger charge is 2.02. The molecule has 2 N–H and O–H groups in total. The zero-order chi connectivity index (χ0) is 15.1. The number of aromatic nitrogens is 1. The van der Waals surface area contributed by atoms with Crippen molar-refractivity contribution < 1.29 is 0 Å². The quantitative estimate of drug-likeness (QED) is 0.402. The van der Waals surface area contributed by atoms with Gasteiger partial charge in [-0.05, 0) is 25.5 Å². The number of nitrogens with one attached hydrogen (secondary N) is 2. The molecule has 0 bridgehead atoms. The molecule has 7 heteroatoms. The molecule has 0 unspecified atom stereocenters. The molecule has 0 atom stereocenters. The third-order valence-electron chi connectivity index (χ3n) is 3.03. The second-order valence-electron chi connectivity index (χ2n) is 4.70. The maximum atomic E-state index is 4.57. The SMILES string of the molecule is CCc1nc(CCNC(=NC)NCc2ccc(C)s2)cs1.I. The number of aliphatic imine (C=N–C) groups is 1. The molecule has 2 rings (SSSR count). The van der Waals surface area contributed by atoms with E-state index in [0.717, 1.165) is 37.6 Å². The van der Waals surface area contributed by atoms with Crippen molar-refractivity contribution in [2.45, 2.75) is 33.2 Å². The van der Waals surface area contributed by atoms with E-state index in [-0.39, 0.29) is 24.0 Å². The molecule has 4 nitrogen and oxygen atoms in total. The van der Waals surface area contributed by atoms with Gasteiger partial charge in [0.05, 0.1) is 17.2 Å². The van der Waals surface area contributed by atoms with Crippen molar-refractivity contribution in [3.05, 3.63) is 38.0 Å². The van der Waals surface area contributed by atoms with E-state index in [1.165, 1.54) is 14.8 Å². The standard InChI is InChI=1S/C15H22N4S2.HI/c1-4-14-19-12(10-20-14)7-8-17-15(16-3)18-9-13-6-5-11(2)21-13;/h5-6,10H,4,7-9H2,1-3H3,(H2,16,17,18);1H.